The predicted octanol–water partition coefficient (Wildman–Crippen LogP) is 3.96. The van der Waals surface area contributed by atoms with Crippen molar-refractivity contribution in [3.63, 3.8) is 0 Å². The van der Waals surface area contributed by atoms with Gasteiger partial charge in [-0.25, -0.2) is 14.4 Å². The van der Waals surface area contributed by atoms with Gasteiger partial charge in [0.1, 0.15) is 5.82 Å². The van der Waals surface area contributed by atoms with E-state index in [1.54, 1.807) is 13.0 Å². The van der Waals surface area contributed by atoms with Crippen LogP contribution in [0.1, 0.15) is 43.1 Å². The van der Waals surface area contributed by atoms with Crippen LogP contribution in [0.4, 0.5) is 4.39 Å². The van der Waals surface area contributed by atoms with Crippen molar-refractivity contribution in [1.29, 1.82) is 0 Å². The van der Waals surface area contributed by atoms with Crippen LogP contribution < -0.4 is 5.32 Å². The second-order valence-electron chi connectivity index (χ2n) is 5.37. The fourth-order valence-corrected chi connectivity index (χ4v) is 2.24. The first-order valence-corrected chi connectivity index (χ1v) is 7.36. The van der Waals surface area contributed by atoms with Crippen molar-refractivity contribution in [2.24, 2.45) is 0 Å². The lowest BCUT2D eigenvalue weighted by atomic mass is 10.1. The molecule has 1 heterocycles. The minimum atomic E-state index is -0.226. The minimum absolute atomic E-state index is 0.216. The van der Waals surface area contributed by atoms with Crippen molar-refractivity contribution in [3.8, 4) is 11.4 Å². The van der Waals surface area contributed by atoms with E-state index < -0.39 is 0 Å². The van der Waals surface area contributed by atoms with Crippen LogP contribution in [0.3, 0.4) is 0 Å². The second kappa shape index (κ2) is 6.76. The fourth-order valence-electron chi connectivity index (χ4n) is 2.24. The summed E-state index contributed by atoms with van der Waals surface area (Å²) in [5.74, 6) is 0.341. The van der Waals surface area contributed by atoms with E-state index in [1.807, 2.05) is 19.2 Å². The Bertz CT molecular complexity index is 625. The molecule has 21 heavy (non-hydrogen) atoms. The van der Waals surface area contributed by atoms with Crippen LogP contribution in [0.5, 0.6) is 0 Å². The second-order valence-corrected chi connectivity index (χ2v) is 5.37. The SMILES string of the molecule is CCCNC(C)c1cnc(-c2ccc(C)c(F)c2)nc1C. The number of aryl methyl sites for hydroxylation is 2. The highest BCUT2D eigenvalue weighted by molar-refractivity contribution is 5.56. The highest BCUT2D eigenvalue weighted by Gasteiger charge is 2.12. The molecule has 0 saturated heterocycles. The Morgan fingerprint density at radius 1 is 1.29 bits per heavy atom. The van der Waals surface area contributed by atoms with Gasteiger partial charge in [0.25, 0.3) is 0 Å². The molecule has 1 atom stereocenters. The van der Waals surface area contributed by atoms with E-state index in [4.69, 9.17) is 0 Å². The zero-order valence-corrected chi connectivity index (χ0v) is 13.1. The molecule has 0 fully saturated rings. The number of nitrogens with zero attached hydrogens (tertiary/aromatic N) is 2. The number of halogens is 1. The van der Waals surface area contributed by atoms with Gasteiger partial charge in [-0.1, -0.05) is 19.1 Å². The molecule has 2 rings (SSSR count). The van der Waals surface area contributed by atoms with E-state index in [0.717, 1.165) is 24.2 Å². The Kier molecular flexibility index (Phi) is 5.02. The third kappa shape index (κ3) is 3.64. The summed E-state index contributed by atoms with van der Waals surface area (Å²) in [7, 11) is 0. The van der Waals surface area contributed by atoms with Crippen LogP contribution in [0.15, 0.2) is 24.4 Å². The third-order valence-electron chi connectivity index (χ3n) is 3.61. The number of hydrogen-bond donors (Lipinski definition) is 1. The lowest BCUT2D eigenvalue weighted by Crippen LogP contribution is -2.20. The normalized spacial score (nSPS) is 12.4. The molecule has 1 unspecified atom stereocenters. The summed E-state index contributed by atoms with van der Waals surface area (Å²) in [6.07, 6.45) is 2.92. The van der Waals surface area contributed by atoms with Crippen LogP contribution in [0.2, 0.25) is 0 Å². The molecule has 0 spiro atoms. The van der Waals surface area contributed by atoms with Crippen LogP contribution in [-0.4, -0.2) is 16.5 Å². The molecular weight excluding hydrogens is 265 g/mol. The molecule has 0 amide bonds. The summed E-state index contributed by atoms with van der Waals surface area (Å²) in [6.45, 7) is 8.92. The van der Waals surface area contributed by atoms with Gasteiger partial charge in [0.2, 0.25) is 0 Å². The number of hydrogen-bond acceptors (Lipinski definition) is 3. The molecule has 1 aromatic heterocycles. The first-order chi connectivity index (χ1) is 10.0. The molecule has 1 N–H and O–H groups in total. The number of rotatable bonds is 5. The van der Waals surface area contributed by atoms with E-state index in [1.165, 1.54) is 6.07 Å². The molecule has 0 saturated carbocycles. The Morgan fingerprint density at radius 3 is 2.67 bits per heavy atom. The molecule has 3 nitrogen and oxygen atoms in total. The van der Waals surface area contributed by atoms with Crippen LogP contribution >= 0.6 is 0 Å². The zero-order valence-electron chi connectivity index (χ0n) is 13.1. The van der Waals surface area contributed by atoms with Crippen molar-refractivity contribution in [3.05, 3.63) is 47.0 Å². The lowest BCUT2D eigenvalue weighted by Gasteiger charge is -2.15. The van der Waals surface area contributed by atoms with Gasteiger partial charge in [0, 0.05) is 29.1 Å². The highest BCUT2D eigenvalue weighted by Crippen LogP contribution is 2.21. The Labute approximate surface area is 125 Å². The van der Waals surface area contributed by atoms with Crippen molar-refractivity contribution >= 4 is 0 Å². The highest BCUT2D eigenvalue weighted by atomic mass is 19.1. The average Bonchev–Trinajstić information content (AvgIpc) is 2.47. The standard InChI is InChI=1S/C17H22FN3/c1-5-8-19-12(3)15-10-20-17(21-13(15)4)14-7-6-11(2)16(18)9-14/h6-7,9-10,12,19H,5,8H2,1-4H3. The first-order valence-electron chi connectivity index (χ1n) is 7.36. The zero-order chi connectivity index (χ0) is 15.4. The van der Waals surface area contributed by atoms with Crippen LogP contribution in [0.25, 0.3) is 11.4 Å². The van der Waals surface area contributed by atoms with E-state index >= 15 is 0 Å². The molecule has 112 valence electrons. The topological polar surface area (TPSA) is 37.8 Å². The largest absolute Gasteiger partial charge is 0.310 e. The Hall–Kier alpha value is -1.81. The summed E-state index contributed by atoms with van der Waals surface area (Å²) >= 11 is 0. The number of nitrogens with one attached hydrogen (secondary N) is 1. The maximum Gasteiger partial charge on any atom is 0.159 e. The molecular formula is C17H22FN3. The van der Waals surface area contributed by atoms with E-state index in [0.29, 0.717) is 17.0 Å². The van der Waals surface area contributed by atoms with Gasteiger partial charge in [-0.3, -0.25) is 0 Å². The molecule has 0 aliphatic heterocycles. The van der Waals surface area contributed by atoms with Gasteiger partial charge in [0.15, 0.2) is 5.82 Å². The molecule has 1 aromatic carbocycles. The number of benzene rings is 1. The van der Waals surface area contributed by atoms with E-state index in [9.17, 15) is 4.39 Å². The van der Waals surface area contributed by atoms with Gasteiger partial charge < -0.3 is 5.32 Å². The lowest BCUT2D eigenvalue weighted by molar-refractivity contribution is 0.564. The fraction of sp³-hybridized carbons (Fsp3) is 0.412. The van der Waals surface area contributed by atoms with Crippen molar-refractivity contribution < 1.29 is 4.39 Å². The average molecular weight is 287 g/mol. The molecule has 0 bridgehead atoms. The summed E-state index contributed by atoms with van der Waals surface area (Å²) in [5.41, 5.74) is 3.35. The maximum atomic E-state index is 13.6. The van der Waals surface area contributed by atoms with Gasteiger partial charge >= 0.3 is 0 Å². The Balaban J connectivity index is 2.27. The summed E-state index contributed by atoms with van der Waals surface area (Å²) < 4.78 is 13.6. The quantitative estimate of drug-likeness (QED) is 0.904. The maximum absolute atomic E-state index is 13.6. The van der Waals surface area contributed by atoms with Crippen LogP contribution in [-0.2, 0) is 0 Å². The smallest absolute Gasteiger partial charge is 0.159 e. The van der Waals surface area contributed by atoms with Gasteiger partial charge in [-0.2, -0.15) is 0 Å². The summed E-state index contributed by atoms with van der Waals surface area (Å²) in [6, 6.07) is 5.31. The molecule has 2 aromatic rings. The van der Waals surface area contributed by atoms with E-state index in [-0.39, 0.29) is 11.9 Å². The molecule has 0 aliphatic rings. The van der Waals surface area contributed by atoms with Crippen molar-refractivity contribution in [1.82, 2.24) is 15.3 Å². The Morgan fingerprint density at radius 2 is 2.05 bits per heavy atom. The molecule has 0 radical (unpaired) electrons. The molecule has 0 aliphatic carbocycles. The summed E-state index contributed by atoms with van der Waals surface area (Å²) in [4.78, 5) is 8.92. The van der Waals surface area contributed by atoms with Gasteiger partial charge in [0.05, 0.1) is 0 Å². The van der Waals surface area contributed by atoms with Crippen molar-refractivity contribution in [2.75, 3.05) is 6.54 Å². The predicted molar refractivity (Wildman–Crippen MR) is 83.6 cm³/mol. The van der Waals surface area contributed by atoms with E-state index in [2.05, 4.69) is 29.1 Å². The third-order valence-corrected chi connectivity index (χ3v) is 3.61. The first kappa shape index (κ1) is 15.6. The minimum Gasteiger partial charge on any atom is -0.310 e. The van der Waals surface area contributed by atoms with Gasteiger partial charge in [-0.15, -0.1) is 0 Å². The van der Waals surface area contributed by atoms with Gasteiger partial charge in [-0.05, 0) is 45.4 Å². The monoisotopic (exact) mass is 287 g/mol. The summed E-state index contributed by atoms with van der Waals surface area (Å²) in [5, 5.41) is 3.43. The number of aromatic nitrogens is 2. The molecule has 4 heteroatoms. The van der Waals surface area contributed by atoms with Crippen molar-refractivity contribution in [2.45, 2.75) is 40.2 Å². The van der Waals surface area contributed by atoms with Crippen LogP contribution in [0, 0.1) is 19.7 Å².